The highest BCUT2D eigenvalue weighted by Gasteiger charge is 2.48. The number of nitrogens with two attached hydrogens (primary N) is 1. The maximum Gasteiger partial charge on any atom is 0.408 e. The molecule has 3 N–H and O–H groups in total. The second kappa shape index (κ2) is 9.96. The first-order chi connectivity index (χ1) is 16.7. The van der Waals surface area contributed by atoms with Crippen LogP contribution in [0.2, 0.25) is 0 Å². The molecular weight excluding hydrogens is 472 g/mol. The van der Waals surface area contributed by atoms with Crippen LogP contribution in [0.1, 0.15) is 68.2 Å². The van der Waals surface area contributed by atoms with Gasteiger partial charge in [-0.2, -0.15) is 0 Å². The lowest BCUT2D eigenvalue weighted by Gasteiger charge is -2.34. The van der Waals surface area contributed by atoms with Gasteiger partial charge in [-0.15, -0.1) is 0 Å². The lowest BCUT2D eigenvalue weighted by Crippen LogP contribution is -2.57. The molecule has 0 radical (unpaired) electrons. The monoisotopic (exact) mass is 502 g/mol. The number of alkyl carbamates (subject to hydrolysis) is 1. The van der Waals surface area contributed by atoms with E-state index in [-0.39, 0.29) is 29.7 Å². The van der Waals surface area contributed by atoms with Crippen molar-refractivity contribution in [3.63, 3.8) is 0 Å². The molecule has 1 aromatic carbocycles. The second-order valence-corrected chi connectivity index (χ2v) is 9.92. The van der Waals surface area contributed by atoms with Crippen LogP contribution < -0.4 is 11.1 Å². The van der Waals surface area contributed by atoms with E-state index >= 15 is 0 Å². The van der Waals surface area contributed by atoms with E-state index in [4.69, 9.17) is 15.2 Å². The van der Waals surface area contributed by atoms with E-state index in [1.807, 2.05) is 0 Å². The predicted octanol–water partition coefficient (Wildman–Crippen LogP) is 1.43. The van der Waals surface area contributed by atoms with Crippen molar-refractivity contribution in [2.75, 3.05) is 12.5 Å². The van der Waals surface area contributed by atoms with Crippen molar-refractivity contribution in [3.05, 3.63) is 29.3 Å². The molecule has 194 valence electrons. The fourth-order valence-corrected chi connectivity index (χ4v) is 3.96. The van der Waals surface area contributed by atoms with Crippen molar-refractivity contribution in [2.45, 2.75) is 65.1 Å². The molecule has 2 aliphatic heterocycles. The van der Waals surface area contributed by atoms with Crippen molar-refractivity contribution in [2.24, 2.45) is 5.92 Å². The lowest BCUT2D eigenvalue weighted by molar-refractivity contribution is -0.165. The highest BCUT2D eigenvalue weighted by molar-refractivity contribution is 6.25. The average molecular weight is 503 g/mol. The zero-order valence-corrected chi connectivity index (χ0v) is 20.8. The Labute approximate surface area is 208 Å². The van der Waals surface area contributed by atoms with Gasteiger partial charge in [0.2, 0.25) is 5.91 Å². The first-order valence-electron chi connectivity index (χ1n) is 11.5. The van der Waals surface area contributed by atoms with Crippen molar-refractivity contribution in [1.29, 1.82) is 0 Å². The topological polar surface area (TPSA) is 165 Å². The summed E-state index contributed by atoms with van der Waals surface area (Å²) >= 11 is 0. The third-order valence-electron chi connectivity index (χ3n) is 5.70. The molecule has 0 spiro atoms. The Morgan fingerprint density at radius 1 is 1.14 bits per heavy atom. The van der Waals surface area contributed by atoms with E-state index in [1.165, 1.54) is 18.2 Å². The minimum Gasteiger partial charge on any atom is -0.444 e. The quantitative estimate of drug-likeness (QED) is 0.332. The number of carbonyl (C=O) groups is 6. The van der Waals surface area contributed by atoms with Gasteiger partial charge in [0.1, 0.15) is 17.7 Å². The Kier molecular flexibility index (Phi) is 7.37. The molecule has 12 nitrogen and oxygen atoms in total. The summed E-state index contributed by atoms with van der Waals surface area (Å²) < 4.78 is 10.4. The van der Waals surface area contributed by atoms with Gasteiger partial charge in [0.25, 0.3) is 17.7 Å². The number of imide groups is 2. The van der Waals surface area contributed by atoms with Gasteiger partial charge >= 0.3 is 12.1 Å². The molecule has 2 aliphatic rings. The molecule has 1 fully saturated rings. The smallest absolute Gasteiger partial charge is 0.408 e. The van der Waals surface area contributed by atoms with Gasteiger partial charge in [-0.25, -0.2) is 14.5 Å². The van der Waals surface area contributed by atoms with Crippen LogP contribution in [-0.4, -0.2) is 69.9 Å². The molecular formula is C24H30N4O8. The number of piperidine rings is 1. The molecule has 3 rings (SSSR count). The van der Waals surface area contributed by atoms with E-state index in [9.17, 15) is 28.8 Å². The number of hydrogen-bond acceptors (Lipinski definition) is 9. The Morgan fingerprint density at radius 2 is 1.81 bits per heavy atom. The third-order valence-corrected chi connectivity index (χ3v) is 5.70. The Bertz CT molecular complexity index is 1120. The lowest BCUT2D eigenvalue weighted by atomic mass is 10.0. The number of nitrogens with one attached hydrogen (secondary N) is 1. The average Bonchev–Trinajstić information content (AvgIpc) is 3.02. The van der Waals surface area contributed by atoms with E-state index in [1.54, 1.807) is 34.6 Å². The zero-order valence-electron chi connectivity index (χ0n) is 20.8. The minimum atomic E-state index is -1.26. The van der Waals surface area contributed by atoms with Gasteiger partial charge in [-0.1, -0.05) is 19.9 Å². The van der Waals surface area contributed by atoms with Crippen molar-refractivity contribution in [3.8, 4) is 0 Å². The SMILES string of the molecule is CC(C)[C@H](NC(=O)OC(C)(C)C)C(=O)OCN1C(=O)CCC(N2C(=O)c3cccc(N)c3C2=O)C1=O. The fraction of sp³-hybridized carbons (Fsp3) is 0.500. The van der Waals surface area contributed by atoms with Crippen LogP contribution in [0, 0.1) is 5.92 Å². The molecule has 1 unspecified atom stereocenters. The molecule has 0 aliphatic carbocycles. The number of amides is 5. The normalized spacial score (nSPS) is 18.9. The van der Waals surface area contributed by atoms with Gasteiger partial charge in [-0.3, -0.25) is 24.1 Å². The maximum atomic E-state index is 13.1. The first kappa shape index (κ1) is 26.6. The number of ether oxygens (including phenoxy) is 2. The summed E-state index contributed by atoms with van der Waals surface area (Å²) in [7, 11) is 0. The number of fused-ring (bicyclic) bond motifs is 1. The Morgan fingerprint density at radius 3 is 2.39 bits per heavy atom. The second-order valence-electron chi connectivity index (χ2n) is 9.92. The van der Waals surface area contributed by atoms with Crippen LogP contribution in [-0.2, 0) is 23.9 Å². The van der Waals surface area contributed by atoms with Crippen LogP contribution in [0.3, 0.4) is 0 Å². The van der Waals surface area contributed by atoms with Gasteiger partial charge in [-0.05, 0) is 45.2 Å². The molecule has 0 bridgehead atoms. The highest BCUT2D eigenvalue weighted by atomic mass is 16.6. The number of nitrogens with zero attached hydrogens (tertiary/aromatic N) is 2. The minimum absolute atomic E-state index is 0.0122. The largest absolute Gasteiger partial charge is 0.444 e. The van der Waals surface area contributed by atoms with E-state index in [2.05, 4.69) is 5.32 Å². The maximum absolute atomic E-state index is 13.1. The van der Waals surface area contributed by atoms with E-state index < -0.39 is 66.0 Å². The van der Waals surface area contributed by atoms with Crippen LogP contribution in [0.4, 0.5) is 10.5 Å². The van der Waals surface area contributed by atoms with Crippen molar-refractivity contribution < 1.29 is 38.2 Å². The molecule has 1 aromatic rings. The number of carbonyl (C=O) groups excluding carboxylic acids is 6. The van der Waals surface area contributed by atoms with Crippen LogP contribution in [0.5, 0.6) is 0 Å². The predicted molar refractivity (Wildman–Crippen MR) is 125 cm³/mol. The van der Waals surface area contributed by atoms with Crippen LogP contribution in [0.15, 0.2) is 18.2 Å². The fourth-order valence-electron chi connectivity index (χ4n) is 3.96. The van der Waals surface area contributed by atoms with Gasteiger partial charge in [0.05, 0.1) is 11.1 Å². The molecule has 2 atom stereocenters. The number of nitrogen functional groups attached to an aromatic ring is 1. The molecule has 0 saturated carbocycles. The van der Waals surface area contributed by atoms with Gasteiger partial charge in [0, 0.05) is 12.1 Å². The number of likely N-dealkylation sites (tertiary alicyclic amines) is 1. The van der Waals surface area contributed by atoms with Crippen LogP contribution >= 0.6 is 0 Å². The number of rotatable bonds is 6. The molecule has 1 saturated heterocycles. The van der Waals surface area contributed by atoms with Crippen molar-refractivity contribution in [1.82, 2.24) is 15.1 Å². The summed E-state index contributed by atoms with van der Waals surface area (Å²) in [4.78, 5) is 77.7. The molecule has 12 heteroatoms. The van der Waals surface area contributed by atoms with E-state index in [0.717, 1.165) is 4.90 Å². The molecule has 0 aromatic heterocycles. The van der Waals surface area contributed by atoms with Crippen LogP contribution in [0.25, 0.3) is 0 Å². The van der Waals surface area contributed by atoms with Gasteiger partial charge in [0.15, 0.2) is 6.73 Å². The summed E-state index contributed by atoms with van der Waals surface area (Å²) in [6.45, 7) is 7.61. The highest BCUT2D eigenvalue weighted by Crippen LogP contribution is 2.32. The summed E-state index contributed by atoms with van der Waals surface area (Å²) in [5.41, 5.74) is 5.27. The molecule has 36 heavy (non-hydrogen) atoms. The number of esters is 1. The molecule has 5 amide bonds. The number of hydrogen-bond donors (Lipinski definition) is 2. The number of anilines is 1. The van der Waals surface area contributed by atoms with Gasteiger partial charge < -0.3 is 20.5 Å². The summed E-state index contributed by atoms with van der Waals surface area (Å²) in [6, 6.07) is 2.08. The summed E-state index contributed by atoms with van der Waals surface area (Å²) in [5, 5.41) is 2.43. The summed E-state index contributed by atoms with van der Waals surface area (Å²) in [6.07, 6.45) is -1.05. The first-order valence-corrected chi connectivity index (χ1v) is 11.5. The Hall–Kier alpha value is -3.96. The zero-order chi connectivity index (χ0) is 26.9. The third kappa shape index (κ3) is 5.31. The van der Waals surface area contributed by atoms with E-state index in [0.29, 0.717) is 4.90 Å². The van der Waals surface area contributed by atoms with Crippen molar-refractivity contribution >= 4 is 41.4 Å². The summed E-state index contributed by atoms with van der Waals surface area (Å²) in [5.74, 6) is -4.16. The standard InChI is InChI=1S/C24H30N4O8/c1-12(2)18(26-23(34)36-24(3,4)5)22(33)35-11-27-16(29)10-9-15(20(27)31)28-19(30)13-7-6-8-14(25)17(13)21(28)32/h6-8,12,15,18H,9-11,25H2,1-5H3,(H,26,34)/t15?,18-/m0/s1. The number of benzene rings is 1. The molecule has 2 heterocycles. The Balaban J connectivity index is 1.71.